The fourth-order valence-corrected chi connectivity index (χ4v) is 3.76. The van der Waals surface area contributed by atoms with Crippen molar-refractivity contribution >= 4 is 22.8 Å². The second-order valence-electron chi connectivity index (χ2n) is 7.17. The van der Waals surface area contributed by atoms with Crippen LogP contribution < -0.4 is 5.32 Å². The molecule has 1 aliphatic carbocycles. The number of amides is 1. The fourth-order valence-electron chi connectivity index (χ4n) is 3.76. The molecule has 2 aromatic rings. The van der Waals surface area contributed by atoms with Gasteiger partial charge in [0.1, 0.15) is 17.8 Å². The van der Waals surface area contributed by atoms with Gasteiger partial charge < -0.3 is 15.2 Å². The molecule has 0 radical (unpaired) electrons. The van der Waals surface area contributed by atoms with E-state index in [-0.39, 0.29) is 24.4 Å². The Labute approximate surface area is 149 Å². The Morgan fingerprint density at radius 2 is 2.23 bits per heavy atom. The highest BCUT2D eigenvalue weighted by molar-refractivity contribution is 5.91. The Balaban J connectivity index is 1.60. The van der Waals surface area contributed by atoms with E-state index in [1.54, 1.807) is 11.1 Å². The van der Waals surface area contributed by atoms with Gasteiger partial charge in [0.2, 0.25) is 5.91 Å². The van der Waals surface area contributed by atoms with Crippen molar-refractivity contribution in [2.45, 2.75) is 50.1 Å². The lowest BCUT2D eigenvalue weighted by Gasteiger charge is -2.38. The number of aromatic amines is 1. The van der Waals surface area contributed by atoms with Crippen LogP contribution in [0, 0.1) is 0 Å². The first-order valence-electron chi connectivity index (χ1n) is 8.80. The zero-order valence-corrected chi connectivity index (χ0v) is 14.5. The summed E-state index contributed by atoms with van der Waals surface area (Å²) in [5, 5.41) is 3.97. The Morgan fingerprint density at radius 1 is 1.46 bits per heavy atom. The average molecular weight is 361 g/mol. The number of fused-ring (bicyclic) bond motifs is 1. The second kappa shape index (κ2) is 6.03. The van der Waals surface area contributed by atoms with Gasteiger partial charge in [-0.2, -0.15) is 0 Å². The summed E-state index contributed by atoms with van der Waals surface area (Å²) in [7, 11) is 0. The number of piperidine rings is 1. The minimum atomic E-state index is -2.66. The number of nitrogens with zero attached hydrogens (tertiary/aromatic N) is 3. The van der Waals surface area contributed by atoms with Gasteiger partial charge >= 0.3 is 0 Å². The van der Waals surface area contributed by atoms with E-state index in [9.17, 15) is 13.6 Å². The molecule has 2 N–H and O–H groups in total. The van der Waals surface area contributed by atoms with Gasteiger partial charge in [0.15, 0.2) is 0 Å². The van der Waals surface area contributed by atoms with Gasteiger partial charge in [0.25, 0.3) is 5.92 Å². The van der Waals surface area contributed by atoms with Gasteiger partial charge in [0, 0.05) is 31.2 Å². The average Bonchev–Trinajstić information content (AvgIpc) is 3.05. The van der Waals surface area contributed by atoms with Gasteiger partial charge in [-0.05, 0) is 31.4 Å². The molecule has 2 fully saturated rings. The number of anilines is 1. The van der Waals surface area contributed by atoms with Crippen molar-refractivity contribution in [1.29, 1.82) is 0 Å². The molecule has 6 nitrogen and oxygen atoms in total. The van der Waals surface area contributed by atoms with Crippen LogP contribution in [0.3, 0.4) is 0 Å². The molecule has 0 spiro atoms. The van der Waals surface area contributed by atoms with E-state index in [0.29, 0.717) is 29.0 Å². The van der Waals surface area contributed by atoms with Crippen molar-refractivity contribution in [3.63, 3.8) is 0 Å². The molecule has 26 heavy (non-hydrogen) atoms. The Morgan fingerprint density at radius 3 is 2.92 bits per heavy atom. The van der Waals surface area contributed by atoms with E-state index in [4.69, 9.17) is 0 Å². The summed E-state index contributed by atoms with van der Waals surface area (Å²) in [6, 6.07) is 0.146. The highest BCUT2D eigenvalue weighted by Crippen LogP contribution is 2.57. The van der Waals surface area contributed by atoms with Crippen molar-refractivity contribution in [2.75, 3.05) is 11.9 Å². The largest absolute Gasteiger partial charge is 0.365 e. The van der Waals surface area contributed by atoms with E-state index >= 15 is 0 Å². The Kier molecular flexibility index (Phi) is 3.93. The van der Waals surface area contributed by atoms with Crippen LogP contribution in [0.15, 0.2) is 25.2 Å². The number of rotatable bonds is 4. The lowest BCUT2D eigenvalue weighted by Crippen LogP contribution is -2.49. The first kappa shape index (κ1) is 16.9. The van der Waals surface area contributed by atoms with Crippen molar-refractivity contribution in [1.82, 2.24) is 19.9 Å². The molecule has 8 heteroatoms. The summed E-state index contributed by atoms with van der Waals surface area (Å²) in [4.78, 5) is 25.2. The molecule has 1 aliphatic heterocycles. The van der Waals surface area contributed by atoms with Crippen LogP contribution in [0.25, 0.3) is 11.0 Å². The van der Waals surface area contributed by atoms with Crippen molar-refractivity contribution in [3.8, 4) is 0 Å². The van der Waals surface area contributed by atoms with Crippen molar-refractivity contribution < 1.29 is 13.6 Å². The number of hydrogen-bond acceptors (Lipinski definition) is 4. The number of halogens is 2. The number of H-pyrrole nitrogens is 1. The van der Waals surface area contributed by atoms with E-state index in [1.807, 2.05) is 6.92 Å². The number of carbonyl (C=O) groups is 1. The second-order valence-corrected chi connectivity index (χ2v) is 7.17. The van der Waals surface area contributed by atoms with Crippen molar-refractivity contribution in [3.05, 3.63) is 30.7 Å². The molecule has 1 saturated heterocycles. The summed E-state index contributed by atoms with van der Waals surface area (Å²) in [6.07, 6.45) is 5.91. The van der Waals surface area contributed by atoms with E-state index in [1.165, 1.54) is 12.4 Å². The van der Waals surface area contributed by atoms with Crippen LogP contribution >= 0.6 is 0 Å². The smallest absolute Gasteiger partial charge is 0.256 e. The monoisotopic (exact) mass is 361 g/mol. The zero-order valence-electron chi connectivity index (χ0n) is 14.5. The summed E-state index contributed by atoms with van der Waals surface area (Å²) < 4.78 is 27.1. The maximum atomic E-state index is 13.6. The molecule has 138 valence electrons. The highest BCUT2D eigenvalue weighted by Gasteiger charge is 2.58. The Bertz CT molecular complexity index is 864. The third-order valence-electron chi connectivity index (χ3n) is 5.38. The molecule has 3 heterocycles. The number of carbonyl (C=O) groups excluding carboxylic acids is 1. The summed E-state index contributed by atoms with van der Waals surface area (Å²) >= 11 is 0. The number of nitrogens with one attached hydrogen (secondary N) is 2. The molecule has 3 atom stereocenters. The normalized spacial score (nSPS) is 27.3. The number of aromatic nitrogens is 3. The quantitative estimate of drug-likeness (QED) is 0.821. The fraction of sp³-hybridized carbons (Fsp3) is 0.500. The van der Waals surface area contributed by atoms with Gasteiger partial charge in [-0.25, -0.2) is 18.7 Å². The first-order valence-corrected chi connectivity index (χ1v) is 8.80. The minimum Gasteiger partial charge on any atom is -0.365 e. The van der Waals surface area contributed by atoms with Crippen LogP contribution in [0.4, 0.5) is 14.6 Å². The summed E-state index contributed by atoms with van der Waals surface area (Å²) in [5.74, 6) is -3.00. The molecule has 1 saturated carbocycles. The molecular formula is C18H21F2N5O. The van der Waals surface area contributed by atoms with Crippen LogP contribution in [0.1, 0.15) is 37.7 Å². The predicted molar refractivity (Wildman–Crippen MR) is 94.2 cm³/mol. The van der Waals surface area contributed by atoms with Crippen molar-refractivity contribution in [2.24, 2.45) is 0 Å². The molecule has 3 unspecified atom stereocenters. The SMILES string of the molecule is C=CC(=O)N1CC(Nc2ncnc3[nH]cc(C4CC4(F)F)c23)CCC1C. The molecule has 4 rings (SSSR count). The van der Waals surface area contributed by atoms with E-state index < -0.39 is 11.8 Å². The zero-order chi connectivity index (χ0) is 18.5. The lowest BCUT2D eigenvalue weighted by atomic mass is 9.99. The van der Waals surface area contributed by atoms with Gasteiger partial charge in [0.05, 0.1) is 11.3 Å². The van der Waals surface area contributed by atoms with E-state index in [2.05, 4.69) is 26.8 Å². The van der Waals surface area contributed by atoms with Gasteiger partial charge in [-0.1, -0.05) is 6.58 Å². The van der Waals surface area contributed by atoms with Crippen LogP contribution in [0.2, 0.25) is 0 Å². The summed E-state index contributed by atoms with van der Waals surface area (Å²) in [5.41, 5.74) is 1.10. The summed E-state index contributed by atoms with van der Waals surface area (Å²) in [6.45, 7) is 6.10. The van der Waals surface area contributed by atoms with Crippen LogP contribution in [0.5, 0.6) is 0 Å². The van der Waals surface area contributed by atoms with Gasteiger partial charge in [-0.3, -0.25) is 4.79 Å². The molecule has 0 bridgehead atoms. The predicted octanol–water partition coefficient (Wildman–Crippen LogP) is 3.06. The third-order valence-corrected chi connectivity index (χ3v) is 5.38. The molecule has 0 aromatic carbocycles. The molecule has 2 aromatic heterocycles. The van der Waals surface area contributed by atoms with Crippen LogP contribution in [-0.2, 0) is 4.79 Å². The number of alkyl halides is 2. The lowest BCUT2D eigenvalue weighted by molar-refractivity contribution is -0.129. The van der Waals surface area contributed by atoms with Gasteiger partial charge in [-0.15, -0.1) is 0 Å². The molecular weight excluding hydrogens is 340 g/mol. The first-order chi connectivity index (χ1) is 12.4. The Hall–Kier alpha value is -2.51. The maximum absolute atomic E-state index is 13.6. The number of hydrogen-bond donors (Lipinski definition) is 2. The number of likely N-dealkylation sites (tertiary alicyclic amines) is 1. The minimum absolute atomic E-state index is 0.00402. The highest BCUT2D eigenvalue weighted by atomic mass is 19.3. The standard InChI is InChI=1S/C18H21F2N5O/c1-3-14(26)25-8-11(5-4-10(25)2)24-17-15-12(13-6-18(13,19)20)7-21-16(15)22-9-23-17/h3,7,9-11,13H,1,4-6,8H2,2H3,(H2,21,22,23,24). The topological polar surface area (TPSA) is 73.9 Å². The molecule has 1 amide bonds. The van der Waals surface area contributed by atoms with E-state index in [0.717, 1.165) is 12.8 Å². The molecule has 2 aliphatic rings. The maximum Gasteiger partial charge on any atom is 0.256 e. The third kappa shape index (κ3) is 2.83. The van der Waals surface area contributed by atoms with Crippen LogP contribution in [-0.4, -0.2) is 50.3 Å².